The van der Waals surface area contributed by atoms with E-state index >= 15 is 0 Å². The van der Waals surface area contributed by atoms with Crippen LogP contribution >= 0.6 is 0 Å². The number of phenolic OH excluding ortho intramolecular Hbond substituents is 1. The maximum atomic E-state index is 12.7. The van der Waals surface area contributed by atoms with Gasteiger partial charge >= 0.3 is 0 Å². The van der Waals surface area contributed by atoms with Crippen molar-refractivity contribution in [1.82, 2.24) is 21.3 Å². The standard InChI is InChI=1S/C24H41N5O3/c1-2-5-23(31)29-22(14-18-6-8-21(30)9-7-18)24(32)28-13-4-12-27-17-20-15-19(20)16-26-11-3-10-25/h6-9,19-20,22,26-27,30H,2-5,10-17,25H2,1H3,(H,28,32)(H,29,31)/t19-,20-,22-/m0/s1. The number of amides is 2. The summed E-state index contributed by atoms with van der Waals surface area (Å²) in [5.74, 6) is 1.40. The molecule has 1 aromatic rings. The highest BCUT2D eigenvalue weighted by atomic mass is 16.3. The molecule has 1 saturated carbocycles. The van der Waals surface area contributed by atoms with E-state index in [1.54, 1.807) is 24.3 Å². The third kappa shape index (κ3) is 10.4. The average molecular weight is 448 g/mol. The van der Waals surface area contributed by atoms with Gasteiger partial charge < -0.3 is 32.1 Å². The highest BCUT2D eigenvalue weighted by molar-refractivity contribution is 5.87. The molecule has 0 aliphatic heterocycles. The van der Waals surface area contributed by atoms with Gasteiger partial charge in [0.05, 0.1) is 0 Å². The summed E-state index contributed by atoms with van der Waals surface area (Å²) in [5, 5.41) is 22.2. The zero-order valence-electron chi connectivity index (χ0n) is 19.4. The minimum Gasteiger partial charge on any atom is -0.508 e. The summed E-state index contributed by atoms with van der Waals surface area (Å²) in [6.45, 7) is 7.19. The van der Waals surface area contributed by atoms with Crippen LogP contribution in [0.3, 0.4) is 0 Å². The second-order valence-corrected chi connectivity index (χ2v) is 8.69. The van der Waals surface area contributed by atoms with Crippen LogP contribution in [-0.2, 0) is 16.0 Å². The van der Waals surface area contributed by atoms with Crippen LogP contribution in [0.5, 0.6) is 5.75 Å². The van der Waals surface area contributed by atoms with Crippen LogP contribution in [0.4, 0.5) is 0 Å². The first-order chi connectivity index (χ1) is 15.5. The number of carbonyl (C=O) groups is 2. The van der Waals surface area contributed by atoms with Gasteiger partial charge in [-0.3, -0.25) is 9.59 Å². The smallest absolute Gasteiger partial charge is 0.242 e. The molecule has 8 nitrogen and oxygen atoms in total. The van der Waals surface area contributed by atoms with Gasteiger partial charge in [-0.25, -0.2) is 0 Å². The Morgan fingerprint density at radius 3 is 2.34 bits per heavy atom. The number of hydrogen-bond donors (Lipinski definition) is 6. The maximum Gasteiger partial charge on any atom is 0.242 e. The largest absolute Gasteiger partial charge is 0.508 e. The summed E-state index contributed by atoms with van der Waals surface area (Å²) in [6, 6.07) is 6.09. The number of aromatic hydroxyl groups is 1. The molecule has 0 saturated heterocycles. The molecule has 0 bridgehead atoms. The monoisotopic (exact) mass is 447 g/mol. The molecule has 1 aliphatic carbocycles. The van der Waals surface area contributed by atoms with Crippen LogP contribution in [0, 0.1) is 11.8 Å². The molecule has 0 radical (unpaired) electrons. The van der Waals surface area contributed by atoms with Gasteiger partial charge in [-0.2, -0.15) is 0 Å². The van der Waals surface area contributed by atoms with Crippen LogP contribution in [0.15, 0.2) is 24.3 Å². The van der Waals surface area contributed by atoms with E-state index in [9.17, 15) is 14.7 Å². The van der Waals surface area contributed by atoms with E-state index in [0.717, 1.165) is 69.4 Å². The van der Waals surface area contributed by atoms with Crippen molar-refractivity contribution in [2.75, 3.05) is 39.3 Å². The number of nitrogens with one attached hydrogen (secondary N) is 4. The van der Waals surface area contributed by atoms with Gasteiger partial charge in [0.1, 0.15) is 11.8 Å². The van der Waals surface area contributed by atoms with Crippen molar-refractivity contribution in [3.8, 4) is 5.75 Å². The molecule has 180 valence electrons. The van der Waals surface area contributed by atoms with Crippen molar-refractivity contribution in [2.45, 2.75) is 51.5 Å². The molecule has 7 N–H and O–H groups in total. The molecule has 2 rings (SSSR count). The normalized spacial score (nSPS) is 18.2. The molecule has 0 spiro atoms. The quantitative estimate of drug-likeness (QED) is 0.197. The van der Waals surface area contributed by atoms with Gasteiger partial charge in [0.2, 0.25) is 11.8 Å². The minimum absolute atomic E-state index is 0.121. The van der Waals surface area contributed by atoms with Crippen molar-refractivity contribution in [1.29, 1.82) is 0 Å². The van der Waals surface area contributed by atoms with Gasteiger partial charge in [-0.05, 0) is 87.9 Å². The lowest BCUT2D eigenvalue weighted by molar-refractivity contribution is -0.129. The lowest BCUT2D eigenvalue weighted by Crippen LogP contribution is -2.48. The SMILES string of the molecule is CCCC(=O)N[C@@H](Cc1ccc(O)cc1)C(=O)NCCCNC[C@@H]1C[C@H]1CNCCCN. The molecule has 3 atom stereocenters. The zero-order chi connectivity index (χ0) is 23.2. The number of phenols is 1. The minimum atomic E-state index is -0.620. The number of carbonyl (C=O) groups excluding carboxylic acids is 2. The third-order valence-corrected chi connectivity index (χ3v) is 5.77. The number of rotatable bonds is 17. The van der Waals surface area contributed by atoms with E-state index in [1.807, 2.05) is 6.92 Å². The lowest BCUT2D eigenvalue weighted by Gasteiger charge is -2.19. The Labute approximate surface area is 192 Å². The molecule has 32 heavy (non-hydrogen) atoms. The Bertz CT molecular complexity index is 683. The van der Waals surface area contributed by atoms with Crippen molar-refractivity contribution in [2.24, 2.45) is 17.6 Å². The topological polar surface area (TPSA) is 129 Å². The number of benzene rings is 1. The Morgan fingerprint density at radius 1 is 1.06 bits per heavy atom. The molecule has 8 heteroatoms. The number of nitrogens with two attached hydrogens (primary N) is 1. The van der Waals surface area contributed by atoms with Crippen molar-refractivity contribution in [3.63, 3.8) is 0 Å². The molecule has 1 fully saturated rings. The van der Waals surface area contributed by atoms with E-state index in [1.165, 1.54) is 6.42 Å². The first-order valence-electron chi connectivity index (χ1n) is 12.0. The Balaban J connectivity index is 1.63. The summed E-state index contributed by atoms with van der Waals surface area (Å²) < 4.78 is 0. The average Bonchev–Trinajstić information content (AvgIpc) is 3.53. The van der Waals surface area contributed by atoms with E-state index < -0.39 is 6.04 Å². The molecule has 2 amide bonds. The van der Waals surface area contributed by atoms with Crippen LogP contribution in [0.25, 0.3) is 0 Å². The van der Waals surface area contributed by atoms with Crippen LogP contribution in [-0.4, -0.2) is 62.2 Å². The van der Waals surface area contributed by atoms with E-state index in [2.05, 4.69) is 21.3 Å². The van der Waals surface area contributed by atoms with Gasteiger partial charge in [-0.1, -0.05) is 19.1 Å². The highest BCUT2D eigenvalue weighted by Crippen LogP contribution is 2.36. The van der Waals surface area contributed by atoms with Gasteiger partial charge in [-0.15, -0.1) is 0 Å². The predicted octanol–water partition coefficient (Wildman–Crippen LogP) is 0.890. The van der Waals surface area contributed by atoms with Gasteiger partial charge in [0.25, 0.3) is 0 Å². The first kappa shape index (κ1) is 26.1. The molecule has 1 aromatic carbocycles. The second kappa shape index (κ2) is 14.8. The van der Waals surface area contributed by atoms with Crippen LogP contribution < -0.4 is 27.0 Å². The molecular weight excluding hydrogens is 406 g/mol. The molecule has 1 aliphatic rings. The van der Waals surface area contributed by atoms with Crippen molar-refractivity contribution in [3.05, 3.63) is 29.8 Å². The summed E-state index contributed by atoms with van der Waals surface area (Å²) >= 11 is 0. The van der Waals surface area contributed by atoms with E-state index in [4.69, 9.17) is 5.73 Å². The van der Waals surface area contributed by atoms with Crippen LogP contribution in [0.1, 0.15) is 44.6 Å². The summed E-state index contributed by atoms with van der Waals surface area (Å²) in [6.07, 6.45) is 4.66. The highest BCUT2D eigenvalue weighted by Gasteiger charge is 2.35. The zero-order valence-corrected chi connectivity index (χ0v) is 19.4. The Kier molecular flexibility index (Phi) is 12.1. The van der Waals surface area contributed by atoms with Gasteiger partial charge in [0.15, 0.2) is 0 Å². The van der Waals surface area contributed by atoms with E-state index in [0.29, 0.717) is 19.4 Å². The molecule has 0 aromatic heterocycles. The van der Waals surface area contributed by atoms with Crippen LogP contribution in [0.2, 0.25) is 0 Å². The lowest BCUT2D eigenvalue weighted by atomic mass is 10.0. The predicted molar refractivity (Wildman–Crippen MR) is 127 cm³/mol. The molecule has 0 heterocycles. The summed E-state index contributed by atoms with van der Waals surface area (Å²) in [4.78, 5) is 24.7. The molecular formula is C24H41N5O3. The first-order valence-corrected chi connectivity index (χ1v) is 12.0. The Morgan fingerprint density at radius 2 is 1.72 bits per heavy atom. The van der Waals surface area contributed by atoms with Crippen molar-refractivity contribution >= 4 is 11.8 Å². The van der Waals surface area contributed by atoms with Crippen molar-refractivity contribution < 1.29 is 14.7 Å². The fourth-order valence-electron chi connectivity index (χ4n) is 3.73. The third-order valence-electron chi connectivity index (χ3n) is 5.77. The fraction of sp³-hybridized carbons (Fsp3) is 0.667. The van der Waals surface area contributed by atoms with Gasteiger partial charge in [0, 0.05) is 19.4 Å². The Hall–Kier alpha value is -2.16. The van der Waals surface area contributed by atoms with E-state index in [-0.39, 0.29) is 17.6 Å². The fourth-order valence-corrected chi connectivity index (χ4v) is 3.73. The second-order valence-electron chi connectivity index (χ2n) is 8.69. The maximum absolute atomic E-state index is 12.7. The number of hydrogen-bond acceptors (Lipinski definition) is 6. The summed E-state index contributed by atoms with van der Waals surface area (Å²) in [5.41, 5.74) is 6.39. The molecule has 0 unspecified atom stereocenters. The summed E-state index contributed by atoms with van der Waals surface area (Å²) in [7, 11) is 0.